The van der Waals surface area contributed by atoms with Gasteiger partial charge in [-0.15, -0.1) is 0 Å². The molecule has 37 heavy (non-hydrogen) atoms. The minimum atomic E-state index is -3.94. The summed E-state index contributed by atoms with van der Waals surface area (Å²) >= 11 is 0. The molecule has 0 bridgehead atoms. The van der Waals surface area contributed by atoms with Crippen molar-refractivity contribution < 1.29 is 21.8 Å². The first-order valence-electron chi connectivity index (χ1n) is 11.6. The van der Waals surface area contributed by atoms with Crippen LogP contribution in [0, 0.1) is 19.7 Å². The van der Waals surface area contributed by atoms with E-state index in [-0.39, 0.29) is 36.3 Å². The van der Waals surface area contributed by atoms with Crippen LogP contribution in [0.2, 0.25) is 0 Å². The Balaban J connectivity index is 1.32. The summed E-state index contributed by atoms with van der Waals surface area (Å²) in [5.41, 5.74) is 3.31. The Morgan fingerprint density at radius 1 is 1.08 bits per heavy atom. The fourth-order valence-electron chi connectivity index (χ4n) is 4.29. The second-order valence-corrected chi connectivity index (χ2v) is 10.8. The van der Waals surface area contributed by atoms with E-state index in [0.29, 0.717) is 22.3 Å². The lowest BCUT2D eigenvalue weighted by molar-refractivity contribution is -0.140. The first-order chi connectivity index (χ1) is 17.5. The highest BCUT2D eigenvalue weighted by Gasteiger charge is 2.35. The predicted octanol–water partition coefficient (Wildman–Crippen LogP) is 2.77. The number of benzene rings is 2. The summed E-state index contributed by atoms with van der Waals surface area (Å²) in [7, 11) is -2.37. The average molecular weight is 525 g/mol. The molecule has 0 radical (unpaired) electrons. The highest BCUT2D eigenvalue weighted by atomic mass is 32.2. The Bertz CT molecular complexity index is 1690. The van der Waals surface area contributed by atoms with Crippen LogP contribution in [0.15, 0.2) is 64.4 Å². The molecule has 4 aromatic rings. The van der Waals surface area contributed by atoms with Crippen molar-refractivity contribution in [2.24, 2.45) is 7.05 Å². The Labute approximate surface area is 212 Å². The summed E-state index contributed by atoms with van der Waals surface area (Å²) in [4.78, 5) is 31.7. The van der Waals surface area contributed by atoms with Crippen LogP contribution in [0.3, 0.4) is 0 Å². The van der Waals surface area contributed by atoms with E-state index in [1.807, 2.05) is 6.92 Å². The van der Waals surface area contributed by atoms with Crippen LogP contribution < -0.4 is 5.69 Å². The van der Waals surface area contributed by atoms with E-state index in [0.717, 1.165) is 11.1 Å². The molecule has 0 N–H and O–H groups in total. The van der Waals surface area contributed by atoms with Crippen molar-refractivity contribution in [2.75, 3.05) is 13.1 Å². The number of halogens is 1. The molecular weight excluding hydrogens is 499 g/mol. The maximum absolute atomic E-state index is 13.7. The van der Waals surface area contributed by atoms with E-state index in [1.54, 1.807) is 50.5 Å². The van der Waals surface area contributed by atoms with Gasteiger partial charge in [-0.25, -0.2) is 14.2 Å². The highest BCUT2D eigenvalue weighted by molar-refractivity contribution is 7.86. The van der Waals surface area contributed by atoms with Gasteiger partial charge in [0.1, 0.15) is 18.5 Å². The molecule has 5 rings (SSSR count). The number of fused-ring (bicyclic) bond motifs is 1. The molecule has 3 heterocycles. The zero-order valence-electron chi connectivity index (χ0n) is 20.5. The molecule has 2 aromatic carbocycles. The minimum absolute atomic E-state index is 0.0600. The number of amides is 1. The Hall–Kier alpha value is -3.83. The zero-order chi connectivity index (χ0) is 26.5. The first-order valence-corrected chi connectivity index (χ1v) is 13.0. The van der Waals surface area contributed by atoms with Gasteiger partial charge in [-0.1, -0.05) is 23.8 Å². The normalized spacial score (nSPS) is 14.2. The van der Waals surface area contributed by atoms with Gasteiger partial charge in [0.15, 0.2) is 5.65 Å². The summed E-state index contributed by atoms with van der Waals surface area (Å²) in [6, 6.07) is 12.8. The number of carbonyl (C=O) groups excluding carboxylic acids is 1. The third-order valence-electron chi connectivity index (χ3n) is 6.53. The van der Waals surface area contributed by atoms with Crippen LogP contribution in [0.1, 0.15) is 11.1 Å². The molecule has 11 heteroatoms. The van der Waals surface area contributed by atoms with Crippen molar-refractivity contribution in [2.45, 2.75) is 31.4 Å². The molecule has 9 nitrogen and oxygen atoms in total. The number of hydrogen-bond donors (Lipinski definition) is 0. The Morgan fingerprint density at radius 2 is 1.78 bits per heavy atom. The monoisotopic (exact) mass is 524 g/mol. The lowest BCUT2D eigenvalue weighted by atomic mass is 10.0. The lowest BCUT2D eigenvalue weighted by Crippen LogP contribution is -2.56. The number of rotatable bonds is 6. The lowest BCUT2D eigenvalue weighted by Gasteiger charge is -2.38. The van der Waals surface area contributed by atoms with Gasteiger partial charge in [-0.05, 0) is 55.3 Å². The van der Waals surface area contributed by atoms with Crippen LogP contribution >= 0.6 is 0 Å². The van der Waals surface area contributed by atoms with Crippen LogP contribution in [0.4, 0.5) is 4.39 Å². The van der Waals surface area contributed by atoms with E-state index >= 15 is 0 Å². The van der Waals surface area contributed by atoms with Gasteiger partial charge in [-0.2, -0.15) is 8.42 Å². The number of imidazole rings is 1. The van der Waals surface area contributed by atoms with Crippen molar-refractivity contribution in [3.05, 3.63) is 82.2 Å². The number of pyridine rings is 1. The van der Waals surface area contributed by atoms with E-state index in [4.69, 9.17) is 4.18 Å². The summed E-state index contributed by atoms with van der Waals surface area (Å²) in [5, 5.41) is 0. The quantitative estimate of drug-likeness (QED) is 0.360. The third-order valence-corrected chi connectivity index (χ3v) is 7.91. The fraction of sp³-hybridized carbons (Fsp3) is 0.269. The van der Waals surface area contributed by atoms with Crippen molar-refractivity contribution in [1.82, 2.24) is 19.0 Å². The Kier molecular flexibility index (Phi) is 6.20. The molecule has 0 atom stereocenters. The van der Waals surface area contributed by atoms with Gasteiger partial charge >= 0.3 is 5.69 Å². The standard InChI is InChI=1S/C26H25FN4O5S/c1-16-4-7-21(8-5-16)37(34,35)36-20-13-30(14-20)24(32)15-31-23-11-19(12-28-25(23)29(3)26(31)33)18-6-9-22(27)17(2)10-18/h4-12,20H,13-15H2,1-3H3. The number of nitrogens with zero attached hydrogens (tertiary/aromatic N) is 4. The largest absolute Gasteiger partial charge is 0.336 e. The van der Waals surface area contributed by atoms with E-state index in [1.165, 1.54) is 32.2 Å². The van der Waals surface area contributed by atoms with Gasteiger partial charge in [0.2, 0.25) is 5.91 Å². The molecule has 0 unspecified atom stereocenters. The van der Waals surface area contributed by atoms with Crippen molar-refractivity contribution in [3.8, 4) is 11.1 Å². The number of carbonyl (C=O) groups is 1. The number of hydrogen-bond acceptors (Lipinski definition) is 6. The smallest absolute Gasteiger partial charge is 0.330 e. The maximum Gasteiger partial charge on any atom is 0.330 e. The summed E-state index contributed by atoms with van der Waals surface area (Å²) in [5.74, 6) is -0.659. The second kappa shape index (κ2) is 9.24. The minimum Gasteiger partial charge on any atom is -0.336 e. The van der Waals surface area contributed by atoms with E-state index in [2.05, 4.69) is 4.98 Å². The topological polar surface area (TPSA) is 104 Å². The highest BCUT2D eigenvalue weighted by Crippen LogP contribution is 2.25. The van der Waals surface area contributed by atoms with Crippen molar-refractivity contribution in [3.63, 3.8) is 0 Å². The molecule has 1 fully saturated rings. The van der Waals surface area contributed by atoms with Gasteiger partial charge in [0.25, 0.3) is 10.1 Å². The van der Waals surface area contributed by atoms with Gasteiger partial charge < -0.3 is 4.90 Å². The van der Waals surface area contributed by atoms with Gasteiger partial charge in [0, 0.05) is 18.8 Å². The summed E-state index contributed by atoms with van der Waals surface area (Å²) in [6.45, 7) is 3.48. The number of aromatic nitrogens is 3. The van der Waals surface area contributed by atoms with Gasteiger partial charge in [-0.3, -0.25) is 18.1 Å². The molecule has 2 aromatic heterocycles. The molecule has 1 aliphatic heterocycles. The summed E-state index contributed by atoms with van der Waals surface area (Å²) in [6.07, 6.45) is 0.946. The first kappa shape index (κ1) is 24.8. The molecule has 1 saturated heterocycles. The van der Waals surface area contributed by atoms with Crippen LogP contribution in [-0.2, 0) is 32.7 Å². The van der Waals surface area contributed by atoms with Gasteiger partial charge in [0.05, 0.1) is 23.5 Å². The van der Waals surface area contributed by atoms with Crippen molar-refractivity contribution >= 4 is 27.2 Å². The van der Waals surface area contributed by atoms with Crippen LogP contribution in [0.5, 0.6) is 0 Å². The molecule has 1 aliphatic rings. The van der Waals surface area contributed by atoms with Crippen LogP contribution in [0.25, 0.3) is 22.3 Å². The van der Waals surface area contributed by atoms with Crippen molar-refractivity contribution in [1.29, 1.82) is 0 Å². The molecule has 192 valence electrons. The predicted molar refractivity (Wildman–Crippen MR) is 135 cm³/mol. The average Bonchev–Trinajstić information content (AvgIpc) is 3.07. The molecule has 0 aliphatic carbocycles. The number of aryl methyl sites for hydroxylation is 3. The second-order valence-electron chi connectivity index (χ2n) is 9.24. The Morgan fingerprint density at radius 3 is 2.46 bits per heavy atom. The summed E-state index contributed by atoms with van der Waals surface area (Å²) < 4.78 is 46.7. The molecular formula is C26H25FN4O5S. The van der Waals surface area contributed by atoms with E-state index < -0.39 is 21.9 Å². The maximum atomic E-state index is 13.7. The molecule has 0 saturated carbocycles. The molecule has 1 amide bonds. The fourth-order valence-corrected chi connectivity index (χ4v) is 5.35. The van der Waals surface area contributed by atoms with Crippen LogP contribution in [-0.4, -0.2) is 52.5 Å². The third kappa shape index (κ3) is 4.67. The number of likely N-dealkylation sites (tertiary alicyclic amines) is 1. The van der Waals surface area contributed by atoms with E-state index in [9.17, 15) is 22.4 Å². The SMILES string of the molecule is Cc1ccc(S(=O)(=O)OC2CN(C(=O)Cn3c(=O)n(C)c4ncc(-c5ccc(F)c(C)c5)cc43)C2)cc1. The zero-order valence-corrected chi connectivity index (χ0v) is 21.3. The molecule has 0 spiro atoms.